The van der Waals surface area contributed by atoms with Gasteiger partial charge in [-0.05, 0) is 18.6 Å². The van der Waals surface area contributed by atoms with Crippen molar-refractivity contribution in [3.05, 3.63) is 35.5 Å². The van der Waals surface area contributed by atoms with Gasteiger partial charge in [0.15, 0.2) is 0 Å². The quantitative estimate of drug-likeness (QED) is 0.772. The summed E-state index contributed by atoms with van der Waals surface area (Å²) in [6.45, 7) is 0.655. The molecule has 0 fully saturated rings. The van der Waals surface area contributed by atoms with Crippen LogP contribution in [0.1, 0.15) is 12.0 Å². The Bertz CT molecular complexity index is 514. The van der Waals surface area contributed by atoms with Gasteiger partial charge in [0.25, 0.3) is 0 Å². The third-order valence-electron chi connectivity index (χ3n) is 2.74. The van der Waals surface area contributed by atoms with Gasteiger partial charge in [0.2, 0.25) is 0 Å². The highest BCUT2D eigenvalue weighted by molar-refractivity contribution is 5.50. The molecule has 0 saturated carbocycles. The Morgan fingerprint density at radius 2 is 2.17 bits per heavy atom. The van der Waals surface area contributed by atoms with Gasteiger partial charge in [0, 0.05) is 24.9 Å². The second-order valence-electron chi connectivity index (χ2n) is 3.91. The molecule has 0 unspecified atom stereocenters. The highest BCUT2D eigenvalue weighted by Crippen LogP contribution is 2.35. The molecule has 6 heteroatoms. The van der Waals surface area contributed by atoms with Crippen LogP contribution in [-0.4, -0.2) is 18.1 Å². The lowest BCUT2D eigenvalue weighted by Gasteiger charge is -2.27. The van der Waals surface area contributed by atoms with Crippen molar-refractivity contribution >= 4 is 5.82 Å². The molecule has 1 aliphatic heterocycles. The van der Waals surface area contributed by atoms with Crippen LogP contribution in [0.4, 0.5) is 19.0 Å². The molecule has 0 aliphatic carbocycles. The summed E-state index contributed by atoms with van der Waals surface area (Å²) < 4.78 is 38.4. The van der Waals surface area contributed by atoms with Gasteiger partial charge >= 0.3 is 6.18 Å². The molecular formula is C12H10F3N3. The fourth-order valence-electron chi connectivity index (χ4n) is 1.83. The monoisotopic (exact) mass is 253 g/mol. The fourth-order valence-corrected chi connectivity index (χ4v) is 1.83. The van der Waals surface area contributed by atoms with Crippen molar-refractivity contribution < 1.29 is 13.2 Å². The molecule has 1 aromatic heterocycles. The predicted molar refractivity (Wildman–Crippen MR) is 59.8 cm³/mol. The summed E-state index contributed by atoms with van der Waals surface area (Å²) in [6, 6.07) is 4.30. The van der Waals surface area contributed by atoms with Gasteiger partial charge in [0.1, 0.15) is 5.82 Å². The molecule has 3 nitrogen and oxygen atoms in total. The molecule has 0 spiro atoms. The highest BCUT2D eigenvalue weighted by atomic mass is 19.4. The number of nitrogens with zero attached hydrogens (tertiary/aromatic N) is 3. The van der Waals surface area contributed by atoms with Crippen LogP contribution in [0.3, 0.4) is 0 Å². The van der Waals surface area contributed by atoms with Crippen molar-refractivity contribution in [3.63, 3.8) is 0 Å². The Morgan fingerprint density at radius 1 is 1.39 bits per heavy atom. The number of alkyl halides is 3. The topological polar surface area (TPSA) is 39.9 Å². The first-order valence-electron chi connectivity index (χ1n) is 5.38. The van der Waals surface area contributed by atoms with E-state index in [9.17, 15) is 13.2 Å². The number of nitriles is 1. The number of hydrogen-bond donors (Lipinski definition) is 0. The van der Waals surface area contributed by atoms with Crippen molar-refractivity contribution in [2.75, 3.05) is 18.0 Å². The largest absolute Gasteiger partial charge is 0.419 e. The summed E-state index contributed by atoms with van der Waals surface area (Å²) in [5.41, 5.74) is -0.130. The molecule has 2 rings (SSSR count). The molecule has 18 heavy (non-hydrogen) atoms. The van der Waals surface area contributed by atoms with Crippen LogP contribution in [0.5, 0.6) is 0 Å². The predicted octanol–water partition coefficient (Wildman–Crippen LogP) is 2.76. The smallest absolute Gasteiger partial charge is 0.352 e. The van der Waals surface area contributed by atoms with Gasteiger partial charge in [-0.1, -0.05) is 6.08 Å². The van der Waals surface area contributed by atoms with E-state index < -0.39 is 11.7 Å². The van der Waals surface area contributed by atoms with E-state index in [1.54, 1.807) is 6.08 Å². The highest BCUT2D eigenvalue weighted by Gasteiger charge is 2.35. The third kappa shape index (κ3) is 2.45. The lowest BCUT2D eigenvalue weighted by atomic mass is 10.1. The van der Waals surface area contributed by atoms with E-state index in [0.29, 0.717) is 18.5 Å². The van der Waals surface area contributed by atoms with Crippen molar-refractivity contribution in [1.82, 2.24) is 4.98 Å². The van der Waals surface area contributed by atoms with Gasteiger partial charge in [-0.2, -0.15) is 18.4 Å². The molecule has 94 valence electrons. The molecular weight excluding hydrogens is 243 g/mol. The average molecular weight is 253 g/mol. The molecule has 2 heterocycles. The van der Waals surface area contributed by atoms with E-state index in [1.807, 2.05) is 6.07 Å². The zero-order valence-electron chi connectivity index (χ0n) is 9.41. The Hall–Kier alpha value is -2.03. The molecule has 0 amide bonds. The van der Waals surface area contributed by atoms with Crippen LogP contribution in [0.25, 0.3) is 0 Å². The van der Waals surface area contributed by atoms with E-state index in [1.165, 1.54) is 17.2 Å². The summed E-state index contributed by atoms with van der Waals surface area (Å²) >= 11 is 0. The first-order valence-corrected chi connectivity index (χ1v) is 5.38. The van der Waals surface area contributed by atoms with Gasteiger partial charge in [-0.15, -0.1) is 0 Å². The van der Waals surface area contributed by atoms with Crippen LogP contribution >= 0.6 is 0 Å². The van der Waals surface area contributed by atoms with Crippen molar-refractivity contribution in [1.29, 1.82) is 5.26 Å². The Morgan fingerprint density at radius 3 is 2.72 bits per heavy atom. The standard InChI is InChI=1S/C12H10F3N3/c13-12(14,15)10-2-1-5-17-11(10)18-6-3-9(8-16)4-7-18/h1-3,5H,4,6-7H2. The summed E-state index contributed by atoms with van der Waals surface area (Å²) in [5.74, 6) is -0.0711. The molecule has 0 bridgehead atoms. The molecule has 1 aliphatic rings. The van der Waals surface area contributed by atoms with Crippen molar-refractivity contribution in [2.45, 2.75) is 12.6 Å². The fraction of sp³-hybridized carbons (Fsp3) is 0.333. The zero-order valence-corrected chi connectivity index (χ0v) is 9.41. The number of pyridine rings is 1. The lowest BCUT2D eigenvalue weighted by molar-refractivity contribution is -0.137. The Labute approximate surface area is 102 Å². The molecule has 0 saturated heterocycles. The van der Waals surface area contributed by atoms with Crippen LogP contribution in [0, 0.1) is 11.3 Å². The van der Waals surface area contributed by atoms with E-state index in [-0.39, 0.29) is 12.4 Å². The van der Waals surface area contributed by atoms with Gasteiger partial charge in [-0.3, -0.25) is 0 Å². The van der Waals surface area contributed by atoms with E-state index in [2.05, 4.69) is 4.98 Å². The summed E-state index contributed by atoms with van der Waals surface area (Å²) in [5, 5.41) is 8.70. The number of aromatic nitrogens is 1. The van der Waals surface area contributed by atoms with Crippen molar-refractivity contribution in [2.24, 2.45) is 0 Å². The normalized spacial score (nSPS) is 16.1. The molecule has 0 atom stereocenters. The number of anilines is 1. The van der Waals surface area contributed by atoms with Gasteiger partial charge in [0.05, 0.1) is 11.6 Å². The second kappa shape index (κ2) is 4.69. The van der Waals surface area contributed by atoms with Crippen LogP contribution in [0.15, 0.2) is 30.0 Å². The average Bonchev–Trinajstić information content (AvgIpc) is 2.38. The van der Waals surface area contributed by atoms with E-state index in [0.717, 1.165) is 6.07 Å². The molecule has 0 aromatic carbocycles. The maximum atomic E-state index is 12.8. The number of hydrogen-bond acceptors (Lipinski definition) is 3. The zero-order chi connectivity index (χ0) is 13.2. The number of rotatable bonds is 1. The van der Waals surface area contributed by atoms with Crippen LogP contribution < -0.4 is 4.90 Å². The first-order chi connectivity index (χ1) is 8.52. The maximum absolute atomic E-state index is 12.8. The SMILES string of the molecule is N#CC1=CCN(c2ncccc2C(F)(F)F)CC1. The Kier molecular flexibility index (Phi) is 3.24. The lowest BCUT2D eigenvalue weighted by Crippen LogP contribution is -2.31. The summed E-state index contributed by atoms with van der Waals surface area (Å²) in [4.78, 5) is 5.34. The van der Waals surface area contributed by atoms with Crippen molar-refractivity contribution in [3.8, 4) is 6.07 Å². The Balaban J connectivity index is 2.31. The van der Waals surface area contributed by atoms with E-state index >= 15 is 0 Å². The van der Waals surface area contributed by atoms with E-state index in [4.69, 9.17) is 5.26 Å². The summed E-state index contributed by atoms with van der Waals surface area (Å²) in [6.07, 6.45) is -0.986. The third-order valence-corrected chi connectivity index (χ3v) is 2.74. The molecule has 0 radical (unpaired) electrons. The minimum atomic E-state index is -4.41. The van der Waals surface area contributed by atoms with Gasteiger partial charge in [-0.25, -0.2) is 4.98 Å². The number of halogens is 3. The van der Waals surface area contributed by atoms with Crippen LogP contribution in [0.2, 0.25) is 0 Å². The second-order valence-corrected chi connectivity index (χ2v) is 3.91. The maximum Gasteiger partial charge on any atom is 0.419 e. The minimum Gasteiger partial charge on any atom is -0.352 e. The van der Waals surface area contributed by atoms with Crippen LogP contribution in [-0.2, 0) is 6.18 Å². The minimum absolute atomic E-state index is 0.0711. The molecule has 0 N–H and O–H groups in total. The molecule has 1 aromatic rings. The van der Waals surface area contributed by atoms with Gasteiger partial charge < -0.3 is 4.90 Å². The first kappa shape index (κ1) is 12.4. The summed E-state index contributed by atoms with van der Waals surface area (Å²) in [7, 11) is 0.